The summed E-state index contributed by atoms with van der Waals surface area (Å²) >= 11 is 5.78. The van der Waals surface area contributed by atoms with Gasteiger partial charge in [0.05, 0.1) is 17.9 Å². The van der Waals surface area contributed by atoms with Crippen molar-refractivity contribution in [3.05, 3.63) is 59.1 Å². The van der Waals surface area contributed by atoms with Crippen LogP contribution in [0.15, 0.2) is 53.6 Å². The van der Waals surface area contributed by atoms with Gasteiger partial charge in [-0.15, -0.1) is 0 Å². The van der Waals surface area contributed by atoms with Gasteiger partial charge in [-0.2, -0.15) is 5.10 Å². The normalized spacial score (nSPS) is 10.5. The van der Waals surface area contributed by atoms with E-state index in [2.05, 4.69) is 10.5 Å². The van der Waals surface area contributed by atoms with Crippen LogP contribution in [0.25, 0.3) is 0 Å². The van der Waals surface area contributed by atoms with Crippen LogP contribution < -0.4 is 15.3 Å². The largest absolute Gasteiger partial charge is 0.546 e. The topological polar surface area (TPSA) is 73.8 Å². The van der Waals surface area contributed by atoms with Crippen LogP contribution in [0.4, 0.5) is 5.69 Å². The van der Waals surface area contributed by atoms with Gasteiger partial charge in [-0.1, -0.05) is 11.6 Å². The van der Waals surface area contributed by atoms with E-state index in [0.29, 0.717) is 10.8 Å². The van der Waals surface area contributed by atoms with Gasteiger partial charge in [0.2, 0.25) is 0 Å². The number of benzene rings is 2. The second-order valence-corrected chi connectivity index (χ2v) is 4.54. The van der Waals surface area contributed by atoms with Gasteiger partial charge in [-0.25, -0.2) is 0 Å². The number of aliphatic carboxylic acids is 1. The van der Waals surface area contributed by atoms with Gasteiger partial charge in [0.15, 0.2) is 0 Å². The third-order valence-corrected chi connectivity index (χ3v) is 2.74. The number of halogens is 1. The molecule has 0 aliphatic carbocycles. The van der Waals surface area contributed by atoms with Gasteiger partial charge in [-0.05, 0) is 54.1 Å². The van der Waals surface area contributed by atoms with Crippen LogP contribution in [-0.4, -0.2) is 18.8 Å². The monoisotopic (exact) mass is 303 g/mol. The summed E-state index contributed by atoms with van der Waals surface area (Å²) in [5, 5.41) is 15.0. The van der Waals surface area contributed by atoms with Crippen molar-refractivity contribution in [2.24, 2.45) is 5.10 Å². The average Bonchev–Trinajstić information content (AvgIpc) is 2.48. The summed E-state index contributed by atoms with van der Waals surface area (Å²) in [7, 11) is 0. The number of carboxylic acids is 1. The van der Waals surface area contributed by atoms with Crippen molar-refractivity contribution in [3.8, 4) is 5.75 Å². The van der Waals surface area contributed by atoms with Crippen LogP contribution in [0.1, 0.15) is 5.56 Å². The molecule has 0 unspecified atom stereocenters. The molecule has 0 saturated heterocycles. The van der Waals surface area contributed by atoms with Crippen LogP contribution in [0.3, 0.4) is 0 Å². The fraction of sp³-hybridized carbons (Fsp3) is 0.0667. The molecule has 2 rings (SSSR count). The summed E-state index contributed by atoms with van der Waals surface area (Å²) in [6.07, 6.45) is 1.64. The molecule has 6 heteroatoms. The maximum Gasteiger partial charge on any atom is 0.128 e. The SMILES string of the molecule is O=C([O-])COc1ccc(/C=N\Nc2ccc(Cl)cc2)cc1. The maximum absolute atomic E-state index is 10.3. The van der Waals surface area contributed by atoms with Crippen molar-refractivity contribution in [1.29, 1.82) is 0 Å². The predicted octanol–water partition coefficient (Wildman–Crippen LogP) is 1.91. The van der Waals surface area contributed by atoms with E-state index in [9.17, 15) is 9.90 Å². The third-order valence-electron chi connectivity index (χ3n) is 2.49. The van der Waals surface area contributed by atoms with Gasteiger partial charge in [0.1, 0.15) is 12.4 Å². The molecule has 0 amide bonds. The third kappa shape index (κ3) is 5.16. The number of carbonyl (C=O) groups excluding carboxylic acids is 1. The molecule has 21 heavy (non-hydrogen) atoms. The Morgan fingerprint density at radius 2 is 1.86 bits per heavy atom. The number of carbonyl (C=O) groups is 1. The van der Waals surface area contributed by atoms with Crippen LogP contribution in [-0.2, 0) is 4.79 Å². The Morgan fingerprint density at radius 3 is 2.48 bits per heavy atom. The van der Waals surface area contributed by atoms with E-state index in [1.54, 1.807) is 42.6 Å². The first-order chi connectivity index (χ1) is 10.1. The highest BCUT2D eigenvalue weighted by Crippen LogP contribution is 2.13. The molecule has 0 radical (unpaired) electrons. The minimum atomic E-state index is -1.26. The molecule has 0 spiro atoms. The van der Waals surface area contributed by atoms with Gasteiger partial charge in [0.25, 0.3) is 0 Å². The number of rotatable bonds is 6. The number of nitrogens with one attached hydrogen (secondary N) is 1. The molecule has 0 atom stereocenters. The lowest BCUT2D eigenvalue weighted by atomic mass is 10.2. The summed E-state index contributed by atoms with van der Waals surface area (Å²) < 4.78 is 4.97. The van der Waals surface area contributed by atoms with E-state index in [4.69, 9.17) is 16.3 Å². The Bertz CT molecular complexity index is 624. The second kappa shape index (κ2) is 7.31. The number of ether oxygens (including phenoxy) is 1. The molecular weight excluding hydrogens is 292 g/mol. The summed E-state index contributed by atoms with van der Waals surface area (Å²) in [5.74, 6) is -0.796. The quantitative estimate of drug-likeness (QED) is 0.653. The van der Waals surface area contributed by atoms with E-state index >= 15 is 0 Å². The molecule has 0 aromatic heterocycles. The minimum Gasteiger partial charge on any atom is -0.546 e. The van der Waals surface area contributed by atoms with Crippen LogP contribution in [0, 0.1) is 0 Å². The number of hydrogen-bond donors (Lipinski definition) is 1. The molecule has 0 bridgehead atoms. The number of hydrazone groups is 1. The Balaban J connectivity index is 1.89. The number of nitrogens with zero attached hydrogens (tertiary/aromatic N) is 1. The predicted molar refractivity (Wildman–Crippen MR) is 79.6 cm³/mol. The molecule has 0 aliphatic rings. The van der Waals surface area contributed by atoms with Crippen molar-refractivity contribution in [3.63, 3.8) is 0 Å². The minimum absolute atomic E-state index is 0.460. The molecule has 1 N–H and O–H groups in total. The summed E-state index contributed by atoms with van der Waals surface area (Å²) in [4.78, 5) is 10.3. The highest BCUT2D eigenvalue weighted by molar-refractivity contribution is 6.30. The zero-order valence-corrected chi connectivity index (χ0v) is 11.7. The summed E-state index contributed by atoms with van der Waals surface area (Å²) in [6.45, 7) is -0.467. The number of anilines is 1. The van der Waals surface area contributed by atoms with Crippen molar-refractivity contribution in [2.45, 2.75) is 0 Å². The Labute approximate surface area is 126 Å². The maximum atomic E-state index is 10.3. The lowest BCUT2D eigenvalue weighted by Crippen LogP contribution is -2.28. The van der Waals surface area contributed by atoms with Gasteiger partial charge >= 0.3 is 0 Å². The lowest BCUT2D eigenvalue weighted by Gasteiger charge is -2.06. The van der Waals surface area contributed by atoms with Crippen molar-refractivity contribution in [1.82, 2.24) is 0 Å². The van der Waals surface area contributed by atoms with Crippen LogP contribution in [0.2, 0.25) is 5.02 Å². The van der Waals surface area contributed by atoms with Crippen molar-refractivity contribution < 1.29 is 14.6 Å². The standard InChI is InChI=1S/C15H13ClN2O3/c16-12-3-5-13(6-4-12)18-17-9-11-1-7-14(8-2-11)21-10-15(19)20/h1-9,18H,10H2,(H,19,20)/p-1/b17-9-. The zero-order valence-electron chi connectivity index (χ0n) is 11.0. The van der Waals surface area contributed by atoms with Gasteiger partial charge < -0.3 is 14.6 Å². The molecular formula is C15H12ClN2O3-. The van der Waals surface area contributed by atoms with Crippen LogP contribution >= 0.6 is 11.6 Å². The van der Waals surface area contributed by atoms with Crippen LogP contribution in [0.5, 0.6) is 5.75 Å². The Kier molecular flexibility index (Phi) is 5.17. The van der Waals surface area contributed by atoms with Gasteiger partial charge in [0, 0.05) is 5.02 Å². The first-order valence-corrected chi connectivity index (χ1v) is 6.48. The van der Waals surface area contributed by atoms with E-state index < -0.39 is 12.6 Å². The first kappa shape index (κ1) is 14.9. The number of carboxylic acid groups (broad SMARTS) is 1. The fourth-order valence-electron chi connectivity index (χ4n) is 1.50. The molecule has 0 fully saturated rings. The zero-order chi connectivity index (χ0) is 15.1. The summed E-state index contributed by atoms with van der Waals surface area (Å²) in [6, 6.07) is 14.0. The molecule has 2 aromatic rings. The molecule has 2 aromatic carbocycles. The second-order valence-electron chi connectivity index (χ2n) is 4.11. The molecule has 0 saturated carbocycles. The highest BCUT2D eigenvalue weighted by Gasteiger charge is 1.94. The lowest BCUT2D eigenvalue weighted by molar-refractivity contribution is -0.307. The smallest absolute Gasteiger partial charge is 0.128 e. The Morgan fingerprint density at radius 1 is 1.19 bits per heavy atom. The number of hydrogen-bond acceptors (Lipinski definition) is 5. The highest BCUT2D eigenvalue weighted by atomic mass is 35.5. The average molecular weight is 304 g/mol. The van der Waals surface area contributed by atoms with Crippen molar-refractivity contribution in [2.75, 3.05) is 12.0 Å². The Hall–Kier alpha value is -2.53. The fourth-order valence-corrected chi connectivity index (χ4v) is 1.62. The molecule has 5 nitrogen and oxygen atoms in total. The van der Waals surface area contributed by atoms with E-state index in [1.807, 2.05) is 12.1 Å². The summed E-state index contributed by atoms with van der Waals surface area (Å²) in [5.41, 5.74) is 4.54. The van der Waals surface area contributed by atoms with E-state index in [-0.39, 0.29) is 0 Å². The van der Waals surface area contributed by atoms with E-state index in [0.717, 1.165) is 11.3 Å². The molecule has 0 aliphatic heterocycles. The van der Waals surface area contributed by atoms with Gasteiger partial charge in [-0.3, -0.25) is 5.43 Å². The molecule has 108 valence electrons. The first-order valence-electron chi connectivity index (χ1n) is 6.11. The van der Waals surface area contributed by atoms with Crippen molar-refractivity contribution >= 4 is 29.5 Å². The van der Waals surface area contributed by atoms with E-state index in [1.165, 1.54) is 0 Å². The molecule has 0 heterocycles.